The van der Waals surface area contributed by atoms with Crippen LogP contribution in [0.25, 0.3) is 0 Å². The molecule has 0 aliphatic carbocycles. The molecule has 1 unspecified atom stereocenters. The summed E-state index contributed by atoms with van der Waals surface area (Å²) < 4.78 is 15.4. The van der Waals surface area contributed by atoms with Gasteiger partial charge in [-0.15, -0.1) is 0 Å². The van der Waals surface area contributed by atoms with Crippen molar-refractivity contribution in [3.05, 3.63) is 23.8 Å². The highest BCUT2D eigenvalue weighted by atomic mass is 16.5. The van der Waals surface area contributed by atoms with Gasteiger partial charge in [-0.1, -0.05) is 13.0 Å². The second kappa shape index (κ2) is 7.79. The first-order valence-corrected chi connectivity index (χ1v) is 6.35. The Bertz CT molecular complexity index is 415. The maximum atomic E-state index is 12.0. The van der Waals surface area contributed by atoms with E-state index < -0.39 is 0 Å². The predicted molar refractivity (Wildman–Crippen MR) is 73.9 cm³/mol. The number of benzene rings is 1. The van der Waals surface area contributed by atoms with E-state index in [1.165, 1.54) is 0 Å². The Balaban J connectivity index is 2.69. The van der Waals surface area contributed by atoms with E-state index in [4.69, 9.17) is 14.2 Å². The van der Waals surface area contributed by atoms with Gasteiger partial charge in [0.1, 0.15) is 5.78 Å². The lowest BCUT2D eigenvalue weighted by Gasteiger charge is -2.12. The Morgan fingerprint density at radius 1 is 1.16 bits per heavy atom. The largest absolute Gasteiger partial charge is 0.493 e. The van der Waals surface area contributed by atoms with E-state index in [0.29, 0.717) is 24.5 Å². The number of carbonyl (C=O) groups is 1. The number of ketones is 1. The number of Topliss-reactive ketones (excluding diaryl/α,β-unsaturated/α-hetero) is 1. The zero-order chi connectivity index (χ0) is 14.3. The highest BCUT2D eigenvalue weighted by Crippen LogP contribution is 2.28. The van der Waals surface area contributed by atoms with E-state index in [1.54, 1.807) is 21.3 Å². The Hall–Kier alpha value is -1.55. The van der Waals surface area contributed by atoms with E-state index >= 15 is 0 Å². The van der Waals surface area contributed by atoms with Crippen LogP contribution in [-0.2, 0) is 16.0 Å². The van der Waals surface area contributed by atoms with Crippen LogP contribution in [0.3, 0.4) is 0 Å². The van der Waals surface area contributed by atoms with Crippen molar-refractivity contribution in [2.75, 3.05) is 27.9 Å². The average Bonchev–Trinajstić information content (AvgIpc) is 2.44. The third-order valence-electron chi connectivity index (χ3n) is 3.13. The number of hydrogen-bond acceptors (Lipinski definition) is 4. The molecule has 0 radical (unpaired) electrons. The first kappa shape index (κ1) is 15.5. The first-order valence-electron chi connectivity index (χ1n) is 6.35. The second-order valence-corrected chi connectivity index (χ2v) is 4.51. The fourth-order valence-corrected chi connectivity index (χ4v) is 1.82. The monoisotopic (exact) mass is 266 g/mol. The van der Waals surface area contributed by atoms with Gasteiger partial charge in [-0.05, 0) is 24.1 Å². The smallest absolute Gasteiger partial charge is 0.161 e. The van der Waals surface area contributed by atoms with Gasteiger partial charge in [0, 0.05) is 26.1 Å². The molecule has 4 nitrogen and oxygen atoms in total. The molecule has 0 aromatic heterocycles. The molecule has 0 saturated carbocycles. The zero-order valence-electron chi connectivity index (χ0n) is 12.1. The molecule has 0 N–H and O–H groups in total. The van der Waals surface area contributed by atoms with Gasteiger partial charge in [0.2, 0.25) is 0 Å². The van der Waals surface area contributed by atoms with Crippen molar-refractivity contribution < 1.29 is 19.0 Å². The summed E-state index contributed by atoms with van der Waals surface area (Å²) in [5.74, 6) is 1.54. The molecule has 0 heterocycles. The summed E-state index contributed by atoms with van der Waals surface area (Å²) >= 11 is 0. The molecule has 106 valence electrons. The standard InChI is InChI=1S/C15H22O4/c1-11(7-8-17-2)13(16)9-12-5-6-14(18-3)15(10-12)19-4/h5-6,10-11H,7-9H2,1-4H3. The molecule has 1 atom stereocenters. The Kier molecular flexibility index (Phi) is 6.36. The summed E-state index contributed by atoms with van der Waals surface area (Å²) in [6.45, 7) is 2.54. The summed E-state index contributed by atoms with van der Waals surface area (Å²) in [4.78, 5) is 12.0. The fraction of sp³-hybridized carbons (Fsp3) is 0.533. The summed E-state index contributed by atoms with van der Waals surface area (Å²) in [5.41, 5.74) is 0.937. The Labute approximate surface area is 114 Å². The van der Waals surface area contributed by atoms with E-state index in [0.717, 1.165) is 12.0 Å². The molecule has 0 aliphatic heterocycles. The van der Waals surface area contributed by atoms with Gasteiger partial charge < -0.3 is 14.2 Å². The molecule has 1 aromatic rings. The summed E-state index contributed by atoms with van der Waals surface area (Å²) in [6.07, 6.45) is 1.16. The normalized spacial score (nSPS) is 12.0. The highest BCUT2D eigenvalue weighted by Gasteiger charge is 2.14. The molecule has 0 amide bonds. The molecule has 19 heavy (non-hydrogen) atoms. The first-order chi connectivity index (χ1) is 9.12. The van der Waals surface area contributed by atoms with Crippen molar-refractivity contribution >= 4 is 5.78 Å². The van der Waals surface area contributed by atoms with Gasteiger partial charge in [-0.3, -0.25) is 4.79 Å². The van der Waals surface area contributed by atoms with E-state index in [9.17, 15) is 4.79 Å². The summed E-state index contributed by atoms with van der Waals surface area (Å²) in [7, 11) is 4.83. The molecular weight excluding hydrogens is 244 g/mol. The Morgan fingerprint density at radius 3 is 2.42 bits per heavy atom. The predicted octanol–water partition coefficient (Wildman–Crippen LogP) is 2.49. The zero-order valence-corrected chi connectivity index (χ0v) is 12.1. The minimum atomic E-state index is 0.00745. The second-order valence-electron chi connectivity index (χ2n) is 4.51. The van der Waals surface area contributed by atoms with Crippen LogP contribution in [0, 0.1) is 5.92 Å². The summed E-state index contributed by atoms with van der Waals surface area (Å²) in [6, 6.07) is 5.56. The fourth-order valence-electron chi connectivity index (χ4n) is 1.82. The number of rotatable bonds is 8. The van der Waals surface area contributed by atoms with Crippen LogP contribution >= 0.6 is 0 Å². The molecule has 0 fully saturated rings. The molecule has 1 rings (SSSR count). The van der Waals surface area contributed by atoms with Gasteiger partial charge in [0.05, 0.1) is 14.2 Å². The lowest BCUT2D eigenvalue weighted by atomic mass is 9.97. The lowest BCUT2D eigenvalue weighted by Crippen LogP contribution is -2.15. The van der Waals surface area contributed by atoms with Gasteiger partial charge in [-0.2, -0.15) is 0 Å². The number of methoxy groups -OCH3 is 3. The molecule has 0 spiro atoms. The maximum absolute atomic E-state index is 12.0. The van der Waals surface area contributed by atoms with Crippen LogP contribution in [-0.4, -0.2) is 33.7 Å². The lowest BCUT2D eigenvalue weighted by molar-refractivity contribution is -0.122. The highest BCUT2D eigenvalue weighted by molar-refractivity contribution is 5.83. The van der Waals surface area contributed by atoms with Crippen LogP contribution in [0.2, 0.25) is 0 Å². The van der Waals surface area contributed by atoms with E-state index in [1.807, 2.05) is 25.1 Å². The minimum Gasteiger partial charge on any atom is -0.493 e. The molecule has 0 saturated heterocycles. The van der Waals surface area contributed by atoms with Gasteiger partial charge >= 0.3 is 0 Å². The van der Waals surface area contributed by atoms with Crippen LogP contribution < -0.4 is 9.47 Å². The average molecular weight is 266 g/mol. The Morgan fingerprint density at radius 2 is 1.84 bits per heavy atom. The van der Waals surface area contributed by atoms with Gasteiger partial charge in [0.15, 0.2) is 11.5 Å². The van der Waals surface area contributed by atoms with Crippen molar-refractivity contribution in [2.45, 2.75) is 19.8 Å². The third kappa shape index (κ3) is 4.56. The minimum absolute atomic E-state index is 0.00745. The van der Waals surface area contributed by atoms with Crippen molar-refractivity contribution in [3.63, 3.8) is 0 Å². The van der Waals surface area contributed by atoms with Gasteiger partial charge in [-0.25, -0.2) is 0 Å². The van der Waals surface area contributed by atoms with Crippen LogP contribution in [0.15, 0.2) is 18.2 Å². The third-order valence-corrected chi connectivity index (χ3v) is 3.13. The number of ether oxygens (including phenoxy) is 3. The molecular formula is C15H22O4. The van der Waals surface area contributed by atoms with Crippen molar-refractivity contribution in [3.8, 4) is 11.5 Å². The van der Waals surface area contributed by atoms with Crippen molar-refractivity contribution in [1.29, 1.82) is 0 Å². The molecule has 0 bridgehead atoms. The van der Waals surface area contributed by atoms with E-state index in [2.05, 4.69) is 0 Å². The van der Waals surface area contributed by atoms with Crippen LogP contribution in [0.4, 0.5) is 0 Å². The van der Waals surface area contributed by atoms with Crippen LogP contribution in [0.1, 0.15) is 18.9 Å². The van der Waals surface area contributed by atoms with Gasteiger partial charge in [0.25, 0.3) is 0 Å². The molecule has 4 heteroatoms. The van der Waals surface area contributed by atoms with Crippen molar-refractivity contribution in [1.82, 2.24) is 0 Å². The quantitative estimate of drug-likeness (QED) is 0.725. The number of carbonyl (C=O) groups excluding carboxylic acids is 1. The number of hydrogen-bond donors (Lipinski definition) is 0. The maximum Gasteiger partial charge on any atom is 0.161 e. The van der Waals surface area contributed by atoms with Crippen LogP contribution in [0.5, 0.6) is 11.5 Å². The SMILES string of the molecule is COCCC(C)C(=O)Cc1ccc(OC)c(OC)c1. The topological polar surface area (TPSA) is 44.8 Å². The molecule has 1 aromatic carbocycles. The molecule has 0 aliphatic rings. The summed E-state index contributed by atoms with van der Waals surface area (Å²) in [5, 5.41) is 0. The van der Waals surface area contributed by atoms with Crippen molar-refractivity contribution in [2.24, 2.45) is 5.92 Å². The van der Waals surface area contributed by atoms with E-state index in [-0.39, 0.29) is 11.7 Å².